The van der Waals surface area contributed by atoms with Gasteiger partial charge in [-0.05, 0) is 54.2 Å². The van der Waals surface area contributed by atoms with Gasteiger partial charge in [0, 0.05) is 13.2 Å². The standard InChI is InChI=1S/C18H23NO2S/c1-4-12-22(13-5-1,15-8-10-20-11-9-15)14-18-19-16-6-2-3-7-17(16)21-18/h2-4,6-7,12,15H,1,5,8-11,13-14H2. The molecule has 1 aromatic carbocycles. The number of allylic oxidation sites excluding steroid dienone is 1. The van der Waals surface area contributed by atoms with E-state index < -0.39 is 10.0 Å². The van der Waals surface area contributed by atoms with Crippen LogP contribution in [0.15, 0.2) is 40.2 Å². The van der Waals surface area contributed by atoms with Gasteiger partial charge in [0.05, 0.1) is 5.75 Å². The Hall–Kier alpha value is -1.26. The highest BCUT2D eigenvalue weighted by Gasteiger charge is 2.35. The SMILES string of the molecule is C1=CS(Cc2nc3ccccc3o2)(C2CCOCC2)CCC1. The fraction of sp³-hybridized carbons (Fsp3) is 0.500. The summed E-state index contributed by atoms with van der Waals surface area (Å²) in [7, 11) is -0.817. The van der Waals surface area contributed by atoms with E-state index in [1.807, 2.05) is 24.3 Å². The van der Waals surface area contributed by atoms with Crippen LogP contribution < -0.4 is 0 Å². The van der Waals surface area contributed by atoms with Crippen molar-refractivity contribution in [2.45, 2.75) is 36.7 Å². The number of benzene rings is 1. The number of hydrogen-bond acceptors (Lipinski definition) is 3. The van der Waals surface area contributed by atoms with Crippen molar-refractivity contribution in [3.8, 4) is 0 Å². The molecule has 1 aromatic heterocycles. The molecule has 1 saturated heterocycles. The molecule has 0 amide bonds. The van der Waals surface area contributed by atoms with Gasteiger partial charge < -0.3 is 9.15 Å². The zero-order valence-electron chi connectivity index (χ0n) is 12.9. The Kier molecular flexibility index (Phi) is 3.97. The molecule has 0 bridgehead atoms. The molecule has 4 heteroatoms. The second-order valence-electron chi connectivity index (χ2n) is 6.26. The fourth-order valence-corrected chi connectivity index (χ4v) is 7.78. The number of aromatic nitrogens is 1. The molecular weight excluding hydrogens is 294 g/mol. The Balaban J connectivity index is 1.65. The van der Waals surface area contributed by atoms with E-state index >= 15 is 0 Å². The zero-order chi connectivity index (χ0) is 14.8. The van der Waals surface area contributed by atoms with Gasteiger partial charge in [-0.3, -0.25) is 0 Å². The smallest absolute Gasteiger partial charge is 0.204 e. The van der Waals surface area contributed by atoms with E-state index in [9.17, 15) is 0 Å². The molecule has 0 aliphatic carbocycles. The van der Waals surface area contributed by atoms with Crippen molar-refractivity contribution in [2.24, 2.45) is 0 Å². The summed E-state index contributed by atoms with van der Waals surface area (Å²) in [6.45, 7) is 1.83. The quantitative estimate of drug-likeness (QED) is 0.828. The number of fused-ring (bicyclic) bond motifs is 1. The maximum atomic E-state index is 6.03. The third kappa shape index (κ3) is 2.70. The number of para-hydroxylation sites is 2. The molecule has 3 nitrogen and oxygen atoms in total. The van der Waals surface area contributed by atoms with Crippen LogP contribution in [0.1, 0.15) is 31.6 Å². The fourth-order valence-electron chi connectivity index (χ4n) is 3.67. The minimum Gasteiger partial charge on any atom is -0.440 e. The van der Waals surface area contributed by atoms with Gasteiger partial charge in [0.1, 0.15) is 5.52 Å². The van der Waals surface area contributed by atoms with Gasteiger partial charge in [-0.25, -0.2) is 15.0 Å². The van der Waals surface area contributed by atoms with Crippen molar-refractivity contribution in [3.05, 3.63) is 41.6 Å². The van der Waals surface area contributed by atoms with E-state index in [0.29, 0.717) is 0 Å². The Morgan fingerprint density at radius 3 is 2.82 bits per heavy atom. The van der Waals surface area contributed by atoms with Crippen LogP contribution in [0, 0.1) is 0 Å². The van der Waals surface area contributed by atoms with Crippen LogP contribution in [-0.2, 0) is 10.5 Å². The molecule has 2 aliphatic heterocycles. The van der Waals surface area contributed by atoms with Crippen LogP contribution in [0.5, 0.6) is 0 Å². The molecule has 2 aliphatic rings. The lowest BCUT2D eigenvalue weighted by Gasteiger charge is -2.46. The molecule has 4 rings (SSSR count). The average molecular weight is 317 g/mol. The van der Waals surface area contributed by atoms with Crippen LogP contribution in [0.4, 0.5) is 0 Å². The first-order valence-electron chi connectivity index (χ1n) is 8.22. The number of ether oxygens (including phenoxy) is 1. The maximum absolute atomic E-state index is 6.03. The molecule has 1 unspecified atom stereocenters. The third-order valence-corrected chi connectivity index (χ3v) is 9.19. The van der Waals surface area contributed by atoms with Gasteiger partial charge in [-0.15, -0.1) is 0 Å². The lowest BCUT2D eigenvalue weighted by atomic mass is 10.2. The minimum absolute atomic E-state index is 0.771. The van der Waals surface area contributed by atoms with E-state index in [1.165, 1.54) is 31.4 Å². The summed E-state index contributed by atoms with van der Waals surface area (Å²) in [6, 6.07) is 8.09. The Bertz CT molecular complexity index is 642. The summed E-state index contributed by atoms with van der Waals surface area (Å²) < 4.78 is 11.6. The summed E-state index contributed by atoms with van der Waals surface area (Å²) in [5.41, 5.74) is 1.90. The lowest BCUT2D eigenvalue weighted by Crippen LogP contribution is -2.29. The predicted molar refractivity (Wildman–Crippen MR) is 92.4 cm³/mol. The summed E-state index contributed by atoms with van der Waals surface area (Å²) in [6.07, 6.45) is 7.33. The zero-order valence-corrected chi connectivity index (χ0v) is 13.7. The second kappa shape index (κ2) is 6.09. The first-order valence-corrected chi connectivity index (χ1v) is 10.3. The number of hydrogen-bond donors (Lipinski definition) is 0. The van der Waals surface area contributed by atoms with E-state index in [2.05, 4.69) is 11.5 Å². The number of rotatable bonds is 3. The van der Waals surface area contributed by atoms with Crippen molar-refractivity contribution in [3.63, 3.8) is 0 Å². The summed E-state index contributed by atoms with van der Waals surface area (Å²) >= 11 is 0. The molecular formula is C18H23NO2S. The molecule has 1 fully saturated rings. The van der Waals surface area contributed by atoms with Gasteiger partial charge in [0.2, 0.25) is 5.89 Å². The van der Waals surface area contributed by atoms with Crippen LogP contribution in [0.3, 0.4) is 0 Å². The lowest BCUT2D eigenvalue weighted by molar-refractivity contribution is 0.0993. The van der Waals surface area contributed by atoms with Crippen LogP contribution in [0.2, 0.25) is 0 Å². The first kappa shape index (κ1) is 14.3. The molecule has 118 valence electrons. The van der Waals surface area contributed by atoms with E-state index in [-0.39, 0.29) is 0 Å². The number of oxazole rings is 1. The molecule has 1 atom stereocenters. The highest BCUT2D eigenvalue weighted by molar-refractivity contribution is 8.35. The second-order valence-corrected chi connectivity index (χ2v) is 9.91. The Morgan fingerprint density at radius 1 is 1.18 bits per heavy atom. The molecule has 0 saturated carbocycles. The van der Waals surface area contributed by atoms with E-state index in [0.717, 1.165) is 41.2 Å². The highest BCUT2D eigenvalue weighted by atomic mass is 32.3. The number of nitrogens with zero attached hydrogens (tertiary/aromatic N) is 1. The van der Waals surface area contributed by atoms with Crippen LogP contribution in [0.25, 0.3) is 11.1 Å². The third-order valence-electron chi connectivity index (χ3n) is 4.82. The molecule has 0 spiro atoms. The monoisotopic (exact) mass is 317 g/mol. The topological polar surface area (TPSA) is 35.3 Å². The normalized spacial score (nSPS) is 29.5. The first-order chi connectivity index (χ1) is 10.9. The van der Waals surface area contributed by atoms with E-state index in [1.54, 1.807) is 0 Å². The summed E-state index contributed by atoms with van der Waals surface area (Å²) in [4.78, 5) is 4.74. The summed E-state index contributed by atoms with van der Waals surface area (Å²) in [5.74, 6) is 3.25. The van der Waals surface area contributed by atoms with Crippen molar-refractivity contribution >= 4 is 21.1 Å². The largest absolute Gasteiger partial charge is 0.440 e. The van der Waals surface area contributed by atoms with Crippen molar-refractivity contribution in [1.82, 2.24) is 4.98 Å². The van der Waals surface area contributed by atoms with E-state index in [4.69, 9.17) is 14.1 Å². The molecule has 2 aromatic rings. The average Bonchev–Trinajstić information content (AvgIpc) is 2.98. The van der Waals surface area contributed by atoms with Crippen molar-refractivity contribution in [1.29, 1.82) is 0 Å². The highest BCUT2D eigenvalue weighted by Crippen LogP contribution is 2.61. The molecule has 0 radical (unpaired) electrons. The van der Waals surface area contributed by atoms with Gasteiger partial charge in [0.15, 0.2) is 5.58 Å². The predicted octanol–water partition coefficient (Wildman–Crippen LogP) is 4.62. The molecule has 0 N–H and O–H groups in total. The molecule has 22 heavy (non-hydrogen) atoms. The van der Waals surface area contributed by atoms with Crippen LogP contribution >= 0.6 is 10.0 Å². The maximum Gasteiger partial charge on any atom is 0.204 e. The minimum atomic E-state index is -0.817. The van der Waals surface area contributed by atoms with Crippen LogP contribution in [-0.4, -0.2) is 29.2 Å². The van der Waals surface area contributed by atoms with Crippen molar-refractivity contribution < 1.29 is 9.15 Å². The van der Waals surface area contributed by atoms with Crippen molar-refractivity contribution in [2.75, 3.05) is 19.0 Å². The Morgan fingerprint density at radius 2 is 2.05 bits per heavy atom. The van der Waals surface area contributed by atoms with Gasteiger partial charge >= 0.3 is 0 Å². The van der Waals surface area contributed by atoms with Gasteiger partial charge in [-0.2, -0.15) is 0 Å². The van der Waals surface area contributed by atoms with Gasteiger partial charge in [-0.1, -0.05) is 18.2 Å². The molecule has 3 heterocycles. The summed E-state index contributed by atoms with van der Waals surface area (Å²) in [5, 5.41) is 3.31. The van der Waals surface area contributed by atoms with Gasteiger partial charge in [0.25, 0.3) is 0 Å². The Labute approximate surface area is 133 Å².